The van der Waals surface area contributed by atoms with Gasteiger partial charge in [0.25, 0.3) is 0 Å². The van der Waals surface area contributed by atoms with Gasteiger partial charge in [-0.3, -0.25) is 0 Å². The number of hydrogen-bond donors (Lipinski definition) is 1. The lowest BCUT2D eigenvalue weighted by Crippen LogP contribution is -2.10. The van der Waals surface area contributed by atoms with Crippen molar-refractivity contribution in [2.45, 2.75) is 18.9 Å². The maximum Gasteiger partial charge on any atom is 0.0454 e. The molecule has 68 valence electrons. The lowest BCUT2D eigenvalue weighted by atomic mass is 10.2. The van der Waals surface area contributed by atoms with Crippen LogP contribution in [0.3, 0.4) is 0 Å². The van der Waals surface area contributed by atoms with Gasteiger partial charge >= 0.3 is 0 Å². The first-order valence-electron chi connectivity index (χ1n) is 4.57. The smallest absolute Gasteiger partial charge is 0.0454 e. The maximum atomic E-state index is 6.14. The van der Waals surface area contributed by atoms with Gasteiger partial charge in [0.05, 0.1) is 0 Å². The predicted octanol–water partition coefficient (Wildman–Crippen LogP) is 3.37. The minimum atomic E-state index is 0.310. The van der Waals surface area contributed by atoms with Gasteiger partial charge in [0, 0.05) is 20.3 Å². The van der Waals surface area contributed by atoms with Crippen LogP contribution in [0.15, 0.2) is 17.5 Å². The first-order valence-corrected chi connectivity index (χ1v) is 6.27. The quantitative estimate of drug-likeness (QED) is 0.806. The average molecular weight is 209 g/mol. The van der Waals surface area contributed by atoms with E-state index in [-0.39, 0.29) is 0 Å². The number of rotatable bonds is 2. The summed E-state index contributed by atoms with van der Waals surface area (Å²) in [5.74, 6) is 0.771. The van der Waals surface area contributed by atoms with Crippen LogP contribution in [-0.4, -0.2) is 0 Å². The van der Waals surface area contributed by atoms with E-state index in [2.05, 4.69) is 17.5 Å². The molecular weight excluding hydrogens is 198 g/mol. The third-order valence-electron chi connectivity index (χ3n) is 2.62. The highest BCUT2D eigenvalue weighted by molar-refractivity contribution is 7.26. The molecule has 0 spiro atoms. The molecule has 1 nitrogen and oxygen atoms in total. The highest BCUT2D eigenvalue weighted by atomic mass is 32.1. The Hall–Kier alpha value is -0.380. The fraction of sp³-hybridized carbons (Fsp3) is 0.400. The molecule has 2 aromatic rings. The third kappa shape index (κ3) is 1.31. The molecule has 3 rings (SSSR count). The Labute approximate surface area is 85.2 Å². The van der Waals surface area contributed by atoms with Crippen molar-refractivity contribution in [2.75, 3.05) is 0 Å². The SMILES string of the molecule is NC(c1cc2sccc2s1)C1CC1. The minimum absolute atomic E-state index is 0.310. The van der Waals surface area contributed by atoms with E-state index in [0.717, 1.165) is 5.92 Å². The van der Waals surface area contributed by atoms with E-state index in [1.54, 1.807) is 0 Å². The van der Waals surface area contributed by atoms with E-state index in [0.29, 0.717) is 6.04 Å². The average Bonchev–Trinajstić information content (AvgIpc) is 2.73. The summed E-state index contributed by atoms with van der Waals surface area (Å²) < 4.78 is 2.80. The van der Waals surface area contributed by atoms with E-state index in [1.807, 2.05) is 22.7 Å². The highest BCUT2D eigenvalue weighted by Crippen LogP contribution is 2.43. The largest absolute Gasteiger partial charge is 0.323 e. The fourth-order valence-corrected chi connectivity index (χ4v) is 3.85. The Bertz CT molecular complexity index is 396. The van der Waals surface area contributed by atoms with Gasteiger partial charge in [-0.2, -0.15) is 0 Å². The van der Waals surface area contributed by atoms with Crippen molar-refractivity contribution in [1.82, 2.24) is 0 Å². The van der Waals surface area contributed by atoms with Crippen molar-refractivity contribution in [3.8, 4) is 0 Å². The van der Waals surface area contributed by atoms with Gasteiger partial charge in [-0.15, -0.1) is 22.7 Å². The molecule has 1 fully saturated rings. The first kappa shape index (κ1) is 7.97. The number of nitrogens with two attached hydrogens (primary N) is 1. The summed E-state index contributed by atoms with van der Waals surface area (Å²) in [5, 5.41) is 2.15. The zero-order valence-electron chi connectivity index (χ0n) is 7.19. The maximum absolute atomic E-state index is 6.14. The van der Waals surface area contributed by atoms with Gasteiger partial charge in [0.15, 0.2) is 0 Å². The number of fused-ring (bicyclic) bond motifs is 1. The summed E-state index contributed by atoms with van der Waals surface area (Å²) in [4.78, 5) is 1.38. The Morgan fingerprint density at radius 2 is 2.23 bits per heavy atom. The van der Waals surface area contributed by atoms with Crippen LogP contribution in [0.25, 0.3) is 9.40 Å². The summed E-state index contributed by atoms with van der Waals surface area (Å²) in [6.45, 7) is 0. The van der Waals surface area contributed by atoms with Gasteiger partial charge in [-0.05, 0) is 36.3 Å². The molecule has 1 unspecified atom stereocenters. The van der Waals surface area contributed by atoms with Crippen LogP contribution in [0.5, 0.6) is 0 Å². The molecule has 1 aliphatic carbocycles. The van der Waals surface area contributed by atoms with Crippen molar-refractivity contribution < 1.29 is 0 Å². The van der Waals surface area contributed by atoms with Crippen molar-refractivity contribution in [2.24, 2.45) is 11.7 Å². The molecule has 0 radical (unpaired) electrons. The molecule has 0 aliphatic heterocycles. The summed E-state index contributed by atoms with van der Waals surface area (Å²) in [6, 6.07) is 4.77. The monoisotopic (exact) mass is 209 g/mol. The van der Waals surface area contributed by atoms with E-state index in [4.69, 9.17) is 5.73 Å². The molecular formula is C10H11NS2. The van der Waals surface area contributed by atoms with Crippen LogP contribution in [-0.2, 0) is 0 Å². The lowest BCUT2D eigenvalue weighted by Gasteiger charge is -2.05. The van der Waals surface area contributed by atoms with E-state index in [9.17, 15) is 0 Å². The van der Waals surface area contributed by atoms with Crippen molar-refractivity contribution in [3.05, 3.63) is 22.4 Å². The van der Waals surface area contributed by atoms with E-state index < -0.39 is 0 Å². The van der Waals surface area contributed by atoms with Crippen LogP contribution < -0.4 is 5.73 Å². The molecule has 1 atom stereocenters. The molecule has 1 aliphatic rings. The molecule has 0 amide bonds. The molecule has 3 heteroatoms. The Balaban J connectivity index is 2.01. The molecule has 2 aromatic heterocycles. The van der Waals surface area contributed by atoms with Gasteiger partial charge in [-0.1, -0.05) is 0 Å². The van der Waals surface area contributed by atoms with E-state index >= 15 is 0 Å². The Kier molecular flexibility index (Phi) is 1.72. The second kappa shape index (κ2) is 2.80. The van der Waals surface area contributed by atoms with Gasteiger partial charge in [-0.25, -0.2) is 0 Å². The fourth-order valence-electron chi connectivity index (χ4n) is 1.64. The van der Waals surface area contributed by atoms with Crippen LogP contribution in [0.1, 0.15) is 23.8 Å². The van der Waals surface area contributed by atoms with E-state index in [1.165, 1.54) is 27.1 Å². The van der Waals surface area contributed by atoms with Crippen LogP contribution >= 0.6 is 22.7 Å². The lowest BCUT2D eigenvalue weighted by molar-refractivity contribution is 0.645. The van der Waals surface area contributed by atoms with Crippen molar-refractivity contribution in [3.63, 3.8) is 0 Å². The third-order valence-corrected chi connectivity index (χ3v) is 4.81. The van der Waals surface area contributed by atoms with Gasteiger partial charge in [0.1, 0.15) is 0 Å². The Morgan fingerprint density at radius 1 is 1.38 bits per heavy atom. The highest BCUT2D eigenvalue weighted by Gasteiger charge is 2.30. The molecule has 13 heavy (non-hydrogen) atoms. The Morgan fingerprint density at radius 3 is 2.92 bits per heavy atom. The normalized spacial score (nSPS) is 19.5. The molecule has 2 N–H and O–H groups in total. The molecule has 0 aromatic carbocycles. The topological polar surface area (TPSA) is 26.0 Å². The minimum Gasteiger partial charge on any atom is -0.323 e. The predicted molar refractivity (Wildman–Crippen MR) is 59.4 cm³/mol. The molecule has 2 heterocycles. The van der Waals surface area contributed by atoms with Crippen LogP contribution in [0.4, 0.5) is 0 Å². The van der Waals surface area contributed by atoms with Crippen LogP contribution in [0, 0.1) is 5.92 Å². The summed E-state index contributed by atoms with van der Waals surface area (Å²) in [5.41, 5.74) is 6.14. The summed E-state index contributed by atoms with van der Waals surface area (Å²) >= 11 is 3.68. The second-order valence-electron chi connectivity index (χ2n) is 3.66. The van der Waals surface area contributed by atoms with Crippen molar-refractivity contribution >= 4 is 32.1 Å². The molecule has 0 bridgehead atoms. The second-order valence-corrected chi connectivity index (χ2v) is 5.72. The number of hydrogen-bond acceptors (Lipinski definition) is 3. The molecule has 1 saturated carbocycles. The standard InChI is InChI=1S/C10H11NS2/c11-10(6-1-2-6)9-5-8-7(13-9)3-4-12-8/h3-6,10H,1-2,11H2. The zero-order chi connectivity index (χ0) is 8.84. The molecule has 0 saturated heterocycles. The van der Waals surface area contributed by atoms with Gasteiger partial charge < -0.3 is 5.73 Å². The summed E-state index contributed by atoms with van der Waals surface area (Å²) in [7, 11) is 0. The van der Waals surface area contributed by atoms with Crippen molar-refractivity contribution in [1.29, 1.82) is 0 Å². The zero-order valence-corrected chi connectivity index (χ0v) is 8.83. The number of thiophene rings is 2. The van der Waals surface area contributed by atoms with Gasteiger partial charge in [0.2, 0.25) is 0 Å². The summed E-state index contributed by atoms with van der Waals surface area (Å²) in [6.07, 6.45) is 2.65. The first-order chi connectivity index (χ1) is 6.34. The van der Waals surface area contributed by atoms with Crippen LogP contribution in [0.2, 0.25) is 0 Å².